The summed E-state index contributed by atoms with van der Waals surface area (Å²) in [7, 11) is 0. The zero-order valence-electron chi connectivity index (χ0n) is 12.9. The predicted molar refractivity (Wildman–Crippen MR) is 80.7 cm³/mol. The molecule has 0 radical (unpaired) electrons. The fourth-order valence-electron chi connectivity index (χ4n) is 3.13. The van der Waals surface area contributed by atoms with Gasteiger partial charge in [-0.1, -0.05) is 31.4 Å². The van der Waals surface area contributed by atoms with Crippen molar-refractivity contribution in [3.05, 3.63) is 12.2 Å². The first-order chi connectivity index (χ1) is 10.1. The highest BCUT2D eigenvalue weighted by molar-refractivity contribution is 5.95. The van der Waals surface area contributed by atoms with Crippen LogP contribution in [0.4, 0.5) is 0 Å². The van der Waals surface area contributed by atoms with E-state index in [0.29, 0.717) is 25.7 Å². The highest BCUT2D eigenvalue weighted by atomic mass is 16.5. The Bertz CT molecular complexity index is 402. The lowest BCUT2D eigenvalue weighted by Crippen LogP contribution is -2.61. The molecule has 21 heavy (non-hydrogen) atoms. The molecule has 1 aliphatic heterocycles. The van der Waals surface area contributed by atoms with Crippen LogP contribution in [0.1, 0.15) is 39.0 Å². The van der Waals surface area contributed by atoms with E-state index in [9.17, 15) is 9.59 Å². The van der Waals surface area contributed by atoms with Crippen LogP contribution in [0.25, 0.3) is 0 Å². The van der Waals surface area contributed by atoms with E-state index in [1.807, 2.05) is 6.92 Å². The summed E-state index contributed by atoms with van der Waals surface area (Å²) >= 11 is 0. The van der Waals surface area contributed by atoms with Crippen LogP contribution in [0, 0.1) is 5.92 Å². The lowest BCUT2D eigenvalue weighted by molar-refractivity contribution is -0.146. The monoisotopic (exact) mass is 294 g/mol. The third kappa shape index (κ3) is 4.56. The predicted octanol–water partition coefficient (Wildman–Crippen LogP) is 1.49. The summed E-state index contributed by atoms with van der Waals surface area (Å²) in [5.41, 5.74) is 0.956. The lowest BCUT2D eigenvalue weighted by atomic mass is 9.82. The van der Waals surface area contributed by atoms with Gasteiger partial charge in [-0.25, -0.2) is 0 Å². The van der Waals surface area contributed by atoms with Gasteiger partial charge in [-0.2, -0.15) is 0 Å². The summed E-state index contributed by atoms with van der Waals surface area (Å²) in [6.45, 7) is 7.25. The van der Waals surface area contributed by atoms with Gasteiger partial charge >= 0.3 is 0 Å². The molecule has 118 valence electrons. The zero-order chi connectivity index (χ0) is 15.2. The van der Waals surface area contributed by atoms with Gasteiger partial charge in [0.05, 0.1) is 19.8 Å². The van der Waals surface area contributed by atoms with Gasteiger partial charge in [-0.05, 0) is 25.7 Å². The average molecular weight is 294 g/mol. The molecule has 1 unspecified atom stereocenters. The van der Waals surface area contributed by atoms with E-state index in [1.165, 1.54) is 6.42 Å². The molecule has 1 atom stereocenters. The standard InChI is InChI=1S/C16H26N2O3/c1-12(2)11-21-9-8-18-10-14(19)17-15(16(18)20)13-6-4-3-5-7-13/h13,15H,1,3-11H2,2H3,(H,17,19). The minimum absolute atomic E-state index is 0.0509. The fraction of sp³-hybridized carbons (Fsp3) is 0.750. The van der Waals surface area contributed by atoms with E-state index in [-0.39, 0.29) is 24.4 Å². The first kappa shape index (κ1) is 16.0. The van der Waals surface area contributed by atoms with Crippen molar-refractivity contribution in [2.75, 3.05) is 26.3 Å². The van der Waals surface area contributed by atoms with Crippen molar-refractivity contribution in [2.45, 2.75) is 45.1 Å². The molecular formula is C16H26N2O3. The minimum atomic E-state index is -0.326. The van der Waals surface area contributed by atoms with Gasteiger partial charge in [-0.3, -0.25) is 9.59 Å². The third-order valence-corrected chi connectivity index (χ3v) is 4.20. The van der Waals surface area contributed by atoms with E-state index in [0.717, 1.165) is 31.3 Å². The number of ether oxygens (including phenoxy) is 1. The van der Waals surface area contributed by atoms with Crippen molar-refractivity contribution < 1.29 is 14.3 Å². The average Bonchev–Trinajstić information content (AvgIpc) is 2.47. The van der Waals surface area contributed by atoms with Crippen molar-refractivity contribution >= 4 is 11.8 Å². The van der Waals surface area contributed by atoms with Crippen molar-refractivity contribution in [2.24, 2.45) is 5.92 Å². The maximum Gasteiger partial charge on any atom is 0.245 e. The van der Waals surface area contributed by atoms with Gasteiger partial charge in [0, 0.05) is 6.54 Å². The molecule has 5 heteroatoms. The normalized spacial score (nSPS) is 24.0. The third-order valence-electron chi connectivity index (χ3n) is 4.20. The Kier molecular flexibility index (Phi) is 5.79. The summed E-state index contributed by atoms with van der Waals surface area (Å²) in [5.74, 6) is 0.305. The number of amides is 2. The molecule has 1 saturated heterocycles. The van der Waals surface area contributed by atoms with Crippen molar-refractivity contribution in [3.8, 4) is 0 Å². The van der Waals surface area contributed by atoms with Crippen LogP contribution in [-0.4, -0.2) is 49.1 Å². The Morgan fingerprint density at radius 3 is 2.71 bits per heavy atom. The summed E-state index contributed by atoms with van der Waals surface area (Å²) in [4.78, 5) is 26.0. The number of hydrogen-bond acceptors (Lipinski definition) is 3. The van der Waals surface area contributed by atoms with Crippen LogP contribution in [0.5, 0.6) is 0 Å². The van der Waals surface area contributed by atoms with Crippen LogP contribution in [-0.2, 0) is 14.3 Å². The molecule has 0 aromatic heterocycles. The van der Waals surface area contributed by atoms with E-state index >= 15 is 0 Å². The topological polar surface area (TPSA) is 58.6 Å². The molecule has 0 aromatic carbocycles. The van der Waals surface area contributed by atoms with Gasteiger partial charge in [0.2, 0.25) is 11.8 Å². The quantitative estimate of drug-likeness (QED) is 0.596. The number of piperazine rings is 1. The minimum Gasteiger partial charge on any atom is -0.375 e. The van der Waals surface area contributed by atoms with Gasteiger partial charge in [0.15, 0.2) is 0 Å². The first-order valence-corrected chi connectivity index (χ1v) is 7.88. The van der Waals surface area contributed by atoms with Crippen LogP contribution < -0.4 is 5.32 Å². The summed E-state index contributed by atoms with van der Waals surface area (Å²) < 4.78 is 5.44. The molecule has 2 amide bonds. The van der Waals surface area contributed by atoms with Crippen molar-refractivity contribution in [1.82, 2.24) is 10.2 Å². The molecular weight excluding hydrogens is 268 g/mol. The van der Waals surface area contributed by atoms with Crippen LogP contribution in [0.3, 0.4) is 0 Å². The lowest BCUT2D eigenvalue weighted by Gasteiger charge is -2.37. The molecule has 0 bridgehead atoms. The van der Waals surface area contributed by atoms with Crippen LogP contribution in [0.15, 0.2) is 12.2 Å². The highest BCUT2D eigenvalue weighted by Gasteiger charge is 2.37. The number of carbonyl (C=O) groups excluding carboxylic acids is 2. The Morgan fingerprint density at radius 2 is 2.05 bits per heavy atom. The Labute approximate surface area is 126 Å². The number of hydrogen-bond donors (Lipinski definition) is 1. The van der Waals surface area contributed by atoms with Gasteiger partial charge < -0.3 is 15.0 Å². The Morgan fingerprint density at radius 1 is 1.33 bits per heavy atom. The molecule has 0 aromatic rings. The SMILES string of the molecule is C=C(C)COCCN1CC(=O)NC(C2CCCCC2)C1=O. The first-order valence-electron chi connectivity index (χ1n) is 7.88. The highest BCUT2D eigenvalue weighted by Crippen LogP contribution is 2.28. The second-order valence-corrected chi connectivity index (χ2v) is 6.21. The summed E-state index contributed by atoms with van der Waals surface area (Å²) in [5, 5.41) is 2.89. The smallest absolute Gasteiger partial charge is 0.245 e. The maximum atomic E-state index is 12.5. The van der Waals surface area contributed by atoms with Crippen LogP contribution >= 0.6 is 0 Å². The van der Waals surface area contributed by atoms with E-state index in [4.69, 9.17) is 4.74 Å². The van der Waals surface area contributed by atoms with Crippen molar-refractivity contribution in [1.29, 1.82) is 0 Å². The van der Waals surface area contributed by atoms with Gasteiger partial charge in [-0.15, -0.1) is 0 Å². The summed E-state index contributed by atoms with van der Waals surface area (Å²) in [6.07, 6.45) is 5.63. The Balaban J connectivity index is 1.87. The zero-order valence-corrected chi connectivity index (χ0v) is 12.9. The van der Waals surface area contributed by atoms with E-state index < -0.39 is 0 Å². The van der Waals surface area contributed by atoms with Gasteiger partial charge in [0.25, 0.3) is 0 Å². The summed E-state index contributed by atoms with van der Waals surface area (Å²) in [6, 6.07) is -0.326. The molecule has 1 saturated carbocycles. The number of rotatable bonds is 6. The number of nitrogens with one attached hydrogen (secondary N) is 1. The molecule has 2 fully saturated rings. The number of nitrogens with zero attached hydrogens (tertiary/aromatic N) is 1. The van der Waals surface area contributed by atoms with E-state index in [1.54, 1.807) is 4.90 Å². The fourth-order valence-corrected chi connectivity index (χ4v) is 3.13. The van der Waals surface area contributed by atoms with E-state index in [2.05, 4.69) is 11.9 Å². The molecule has 2 aliphatic rings. The molecule has 1 heterocycles. The largest absolute Gasteiger partial charge is 0.375 e. The Hall–Kier alpha value is -1.36. The number of carbonyl (C=O) groups is 2. The van der Waals surface area contributed by atoms with Crippen LogP contribution in [0.2, 0.25) is 0 Å². The van der Waals surface area contributed by atoms with Gasteiger partial charge in [0.1, 0.15) is 6.04 Å². The molecule has 0 spiro atoms. The molecule has 1 aliphatic carbocycles. The van der Waals surface area contributed by atoms with Crippen molar-refractivity contribution in [3.63, 3.8) is 0 Å². The molecule has 5 nitrogen and oxygen atoms in total. The molecule has 2 rings (SSSR count). The second-order valence-electron chi connectivity index (χ2n) is 6.21. The second kappa shape index (κ2) is 7.59. The molecule has 1 N–H and O–H groups in total. The maximum absolute atomic E-state index is 12.5.